The topological polar surface area (TPSA) is 333 Å². The van der Waals surface area contributed by atoms with E-state index in [-0.39, 0.29) is 85.5 Å². The van der Waals surface area contributed by atoms with Crippen LogP contribution >= 0.6 is 0 Å². The van der Waals surface area contributed by atoms with E-state index < -0.39 is 45.3 Å². The fraction of sp³-hybridized carbons (Fsp3) is 0.500. The summed E-state index contributed by atoms with van der Waals surface area (Å²) in [7, 11) is -3.52. The minimum Gasteiger partial charge on any atom is -0.458 e. The molecule has 0 saturated heterocycles. The molecule has 3 atom stereocenters. The molecule has 400 valence electrons. The van der Waals surface area contributed by atoms with Crippen LogP contribution in [0.3, 0.4) is 0 Å². The summed E-state index contributed by atoms with van der Waals surface area (Å²) in [5, 5.41) is 31.2. The fourth-order valence-corrected chi connectivity index (χ4v) is 9.82. The van der Waals surface area contributed by atoms with E-state index >= 15 is 0 Å². The van der Waals surface area contributed by atoms with E-state index in [9.17, 15) is 42.3 Å². The van der Waals surface area contributed by atoms with E-state index in [1.807, 2.05) is 19.9 Å². The smallest absolute Gasteiger partial charge is 0.343 e. The first-order valence-corrected chi connectivity index (χ1v) is 27.0. The first-order valence-electron chi connectivity index (χ1n) is 25.1. The summed E-state index contributed by atoms with van der Waals surface area (Å²) in [6.07, 6.45) is 10.1. The van der Waals surface area contributed by atoms with Crippen LogP contribution in [0.2, 0.25) is 0 Å². The number of nitrogens with one attached hydrogen (secondary N) is 4. The quantitative estimate of drug-likeness (QED) is 0.0284. The average Bonchev–Trinajstić information content (AvgIpc) is 4.15. The van der Waals surface area contributed by atoms with E-state index in [4.69, 9.17) is 24.9 Å². The number of esters is 1. The molecule has 5 aromatic rings. The van der Waals surface area contributed by atoms with Crippen molar-refractivity contribution in [3.8, 4) is 34.1 Å². The number of hydrogen-bond acceptors (Lipinski definition) is 18. The van der Waals surface area contributed by atoms with Crippen LogP contribution in [-0.2, 0) is 70.3 Å². The molecule has 0 unspecified atom stereocenters. The van der Waals surface area contributed by atoms with Crippen LogP contribution in [-0.4, -0.2) is 122 Å². The lowest BCUT2D eigenvalue weighted by Crippen LogP contribution is -2.49. The molecule has 0 fully saturated rings. The van der Waals surface area contributed by atoms with Crippen LogP contribution in [0.25, 0.3) is 33.5 Å². The van der Waals surface area contributed by atoms with Crippen molar-refractivity contribution in [2.24, 2.45) is 11.7 Å². The van der Waals surface area contributed by atoms with Crippen molar-refractivity contribution >= 4 is 50.3 Å². The van der Waals surface area contributed by atoms with Crippen LogP contribution in [0.4, 0.5) is 0 Å². The highest BCUT2D eigenvalue weighted by molar-refractivity contribution is 7.90. The van der Waals surface area contributed by atoms with Gasteiger partial charge in [-0.2, -0.15) is 0 Å². The SMILES string of the molecule is CC[C@@]1(O)C(=O)OCc2c1cc1n(c2=O)Cc2c-1nc1cc3c(cc1c2CCCNC(=O)CNC(=O)[C@@H](N)CCCCNC(=O)[C@@H](NC(=O)CCCCCn1cc(-c2cnc(S(C)(=O)=O)nc2)nn1)C(C)C)OCO3. The number of ether oxygens (including phenoxy) is 3. The predicted molar refractivity (Wildman–Crippen MR) is 269 cm³/mol. The number of cyclic esters (lactones) is 1. The standard InChI is InChI=1S/C50H62N12O12S/c1-5-50(69)34-19-38-44-32(24-62(38)47(67)33(34)26-72-48(50)68)30(31-18-39-40(74-27-73-39)20-36(31)57-44)12-11-16-52-42(64)23-54-45(65)35(51)13-8-9-15-53-46(66)43(28(2)3)58-41(63)14-7-6-10-17-61-25-37(59-60-61)29-21-55-49(56-22-29)75(4,70)71/h18-22,25,28,35,43,69H,5-17,23-24,26-27,51H2,1-4H3,(H,52,64)(H,53,66)(H,54,65)(H,58,63)/t35-,43-,50-/m0/s1. The van der Waals surface area contributed by atoms with E-state index in [0.29, 0.717) is 91.3 Å². The molecule has 0 saturated carbocycles. The van der Waals surface area contributed by atoms with Gasteiger partial charge in [0.15, 0.2) is 17.1 Å². The maximum atomic E-state index is 13.9. The lowest BCUT2D eigenvalue weighted by atomic mass is 9.86. The Morgan fingerprint density at radius 1 is 0.893 bits per heavy atom. The van der Waals surface area contributed by atoms with Crippen LogP contribution < -0.4 is 42.0 Å². The van der Waals surface area contributed by atoms with Crippen molar-refractivity contribution in [1.29, 1.82) is 0 Å². The second-order valence-corrected chi connectivity index (χ2v) is 21.2. The number of nitrogens with two attached hydrogens (primary N) is 1. The number of unbranched alkanes of at least 4 members (excludes halogenated alkanes) is 3. The number of benzene rings is 1. The molecule has 8 rings (SSSR count). The molecule has 75 heavy (non-hydrogen) atoms. The van der Waals surface area contributed by atoms with Gasteiger partial charge in [0.25, 0.3) is 5.56 Å². The summed E-state index contributed by atoms with van der Waals surface area (Å²) in [5.74, 6) is -1.32. The van der Waals surface area contributed by atoms with Gasteiger partial charge in [-0.1, -0.05) is 32.4 Å². The molecule has 25 heteroatoms. The number of aromatic nitrogens is 7. The minimum absolute atomic E-state index is 0.0162. The lowest BCUT2D eigenvalue weighted by molar-refractivity contribution is -0.172. The fourth-order valence-electron chi connectivity index (χ4n) is 9.33. The largest absolute Gasteiger partial charge is 0.458 e. The number of amides is 4. The monoisotopic (exact) mass is 1050 g/mol. The van der Waals surface area contributed by atoms with Crippen molar-refractivity contribution in [3.05, 3.63) is 69.4 Å². The molecule has 3 aliphatic rings. The summed E-state index contributed by atoms with van der Waals surface area (Å²) in [6.45, 7) is 6.21. The Morgan fingerprint density at radius 2 is 1.64 bits per heavy atom. The highest BCUT2D eigenvalue weighted by atomic mass is 32.2. The van der Waals surface area contributed by atoms with Gasteiger partial charge < -0.3 is 50.9 Å². The first kappa shape index (κ1) is 53.9. The Hall–Kier alpha value is -7.38. The molecular formula is C50H62N12O12S. The van der Waals surface area contributed by atoms with Crippen molar-refractivity contribution in [2.75, 3.05) is 32.7 Å². The number of rotatable bonds is 24. The molecule has 0 radical (unpaired) electrons. The van der Waals surface area contributed by atoms with Gasteiger partial charge in [0, 0.05) is 72.8 Å². The third-order valence-electron chi connectivity index (χ3n) is 13.6. The van der Waals surface area contributed by atoms with Gasteiger partial charge >= 0.3 is 5.97 Å². The van der Waals surface area contributed by atoms with Gasteiger partial charge in [-0.25, -0.2) is 28.2 Å². The summed E-state index contributed by atoms with van der Waals surface area (Å²) in [4.78, 5) is 90.8. The molecular weight excluding hydrogens is 993 g/mol. The first-order chi connectivity index (χ1) is 35.9. The van der Waals surface area contributed by atoms with Crippen molar-refractivity contribution in [3.63, 3.8) is 0 Å². The number of nitrogens with zero attached hydrogens (tertiary/aromatic N) is 7. The zero-order chi connectivity index (χ0) is 53.6. The molecule has 4 amide bonds. The van der Waals surface area contributed by atoms with Gasteiger partial charge in [0.1, 0.15) is 18.3 Å². The highest BCUT2D eigenvalue weighted by Crippen LogP contribution is 2.43. The van der Waals surface area contributed by atoms with E-state index in [1.54, 1.807) is 34.5 Å². The lowest BCUT2D eigenvalue weighted by Gasteiger charge is -2.31. The summed E-state index contributed by atoms with van der Waals surface area (Å²) in [5.41, 5.74) is 8.56. The Labute approximate surface area is 431 Å². The van der Waals surface area contributed by atoms with Gasteiger partial charge in [0.2, 0.25) is 45.4 Å². The van der Waals surface area contributed by atoms with Gasteiger partial charge in [0.05, 0.1) is 47.8 Å². The molecule has 7 N–H and O–H groups in total. The second kappa shape index (κ2) is 23.0. The number of sulfone groups is 1. The number of pyridine rings is 2. The maximum Gasteiger partial charge on any atom is 0.343 e. The second-order valence-electron chi connectivity index (χ2n) is 19.3. The molecule has 24 nitrogen and oxygen atoms in total. The number of fused-ring (bicyclic) bond motifs is 6. The molecule has 3 aliphatic heterocycles. The summed E-state index contributed by atoms with van der Waals surface area (Å²) < 4.78 is 43.0. The average molecular weight is 1060 g/mol. The minimum atomic E-state index is -3.52. The van der Waals surface area contributed by atoms with Crippen LogP contribution in [0.5, 0.6) is 11.5 Å². The zero-order valence-corrected chi connectivity index (χ0v) is 43.1. The van der Waals surface area contributed by atoms with E-state index in [2.05, 4.69) is 41.5 Å². The van der Waals surface area contributed by atoms with Crippen LogP contribution in [0, 0.1) is 5.92 Å². The Kier molecular flexibility index (Phi) is 16.5. The molecule has 0 bridgehead atoms. The van der Waals surface area contributed by atoms with Gasteiger partial charge in [-0.05, 0) is 75.0 Å². The van der Waals surface area contributed by atoms with Gasteiger partial charge in [-0.3, -0.25) is 28.7 Å². The van der Waals surface area contributed by atoms with Gasteiger partial charge in [-0.15, -0.1) is 5.10 Å². The zero-order valence-electron chi connectivity index (χ0n) is 42.3. The maximum absolute atomic E-state index is 13.9. The molecule has 7 heterocycles. The number of carbonyl (C=O) groups is 5. The number of hydrogen-bond donors (Lipinski definition) is 6. The Bertz CT molecular complexity index is 3180. The molecule has 0 spiro atoms. The summed E-state index contributed by atoms with van der Waals surface area (Å²) in [6, 6.07) is 3.69. The molecule has 1 aromatic carbocycles. The van der Waals surface area contributed by atoms with Crippen molar-refractivity contribution < 1.29 is 51.7 Å². The third kappa shape index (κ3) is 12.1. The number of aryl methyl sites for hydroxylation is 2. The number of carbonyl (C=O) groups excluding carboxylic acids is 5. The van der Waals surface area contributed by atoms with Crippen molar-refractivity contribution in [2.45, 2.75) is 128 Å². The normalized spacial score (nSPS) is 16.2. The van der Waals surface area contributed by atoms with Crippen molar-refractivity contribution in [1.82, 2.24) is 55.8 Å². The Morgan fingerprint density at radius 3 is 2.37 bits per heavy atom. The van der Waals surface area contributed by atoms with E-state index in [0.717, 1.165) is 35.6 Å². The Balaban J connectivity index is 0.728. The van der Waals surface area contributed by atoms with Crippen LogP contribution in [0.1, 0.15) is 101 Å². The third-order valence-corrected chi connectivity index (χ3v) is 14.5. The van der Waals surface area contributed by atoms with Crippen LogP contribution in [0.15, 0.2) is 46.7 Å². The number of aliphatic hydroxyl groups is 1. The van der Waals surface area contributed by atoms with E-state index in [1.165, 1.54) is 12.4 Å². The molecule has 0 aliphatic carbocycles. The molecule has 4 aromatic heterocycles. The summed E-state index contributed by atoms with van der Waals surface area (Å²) >= 11 is 0. The predicted octanol–water partition coefficient (Wildman–Crippen LogP) is 1.44. The highest BCUT2D eigenvalue weighted by Gasteiger charge is 2.45.